The van der Waals surface area contributed by atoms with Crippen molar-refractivity contribution in [2.24, 2.45) is 5.92 Å². The minimum absolute atomic E-state index is 0.00586. The molecule has 0 radical (unpaired) electrons. The Balaban J connectivity index is 2.79. The second-order valence-corrected chi connectivity index (χ2v) is 4.96. The number of aliphatic hydroxyl groups is 1. The topological polar surface area (TPSA) is 58.4 Å². The molecular formula is C13H23N3O2. The summed E-state index contributed by atoms with van der Waals surface area (Å²) in [4.78, 5) is 18.2. The van der Waals surface area contributed by atoms with Crippen molar-refractivity contribution in [3.05, 3.63) is 18.2 Å². The number of carbonyl (C=O) groups excluding carboxylic acids is 1. The van der Waals surface area contributed by atoms with Gasteiger partial charge >= 0.3 is 0 Å². The molecule has 1 N–H and O–H groups in total. The molecule has 1 heterocycles. The molecule has 0 aliphatic carbocycles. The maximum atomic E-state index is 12.4. The van der Waals surface area contributed by atoms with Gasteiger partial charge in [0.05, 0.1) is 6.61 Å². The van der Waals surface area contributed by atoms with Crippen LogP contribution in [0.25, 0.3) is 0 Å². The van der Waals surface area contributed by atoms with Gasteiger partial charge in [-0.2, -0.15) is 0 Å². The number of hydrogen-bond donors (Lipinski definition) is 1. The van der Waals surface area contributed by atoms with Crippen molar-refractivity contribution < 1.29 is 9.90 Å². The summed E-state index contributed by atoms with van der Waals surface area (Å²) in [6.07, 6.45) is 3.50. The third-order valence-corrected chi connectivity index (χ3v) is 2.90. The number of carbonyl (C=O) groups is 1. The Hall–Kier alpha value is -1.36. The molecule has 5 nitrogen and oxygen atoms in total. The van der Waals surface area contributed by atoms with Gasteiger partial charge in [-0.3, -0.25) is 4.79 Å². The molecular weight excluding hydrogens is 230 g/mol. The standard InChI is InChI=1S/C13H23N3O2/c1-10(2)9-15(7-8-17)13(18)11(3)16-6-5-14-12(16)4/h5-6,10-11,17H,7-9H2,1-4H3/t11-/m0/s1. The van der Waals surface area contributed by atoms with E-state index in [1.807, 2.05) is 24.6 Å². The van der Waals surface area contributed by atoms with Crippen LogP contribution in [0.2, 0.25) is 0 Å². The number of imidazole rings is 1. The smallest absolute Gasteiger partial charge is 0.245 e. The Morgan fingerprint density at radius 3 is 2.61 bits per heavy atom. The number of aromatic nitrogens is 2. The average molecular weight is 253 g/mol. The van der Waals surface area contributed by atoms with Gasteiger partial charge in [-0.25, -0.2) is 4.98 Å². The zero-order chi connectivity index (χ0) is 13.7. The van der Waals surface area contributed by atoms with Crippen LogP contribution in [-0.2, 0) is 4.79 Å². The molecule has 0 bridgehead atoms. The molecule has 0 aliphatic heterocycles. The van der Waals surface area contributed by atoms with Crippen LogP contribution < -0.4 is 0 Å². The lowest BCUT2D eigenvalue weighted by molar-refractivity contribution is -0.135. The van der Waals surface area contributed by atoms with Gasteiger partial charge in [0.15, 0.2) is 0 Å². The molecule has 5 heteroatoms. The lowest BCUT2D eigenvalue weighted by Crippen LogP contribution is -2.40. The summed E-state index contributed by atoms with van der Waals surface area (Å²) in [5.74, 6) is 1.24. The minimum atomic E-state index is -0.280. The fourth-order valence-corrected chi connectivity index (χ4v) is 2.03. The van der Waals surface area contributed by atoms with Gasteiger partial charge in [0, 0.05) is 25.5 Å². The van der Waals surface area contributed by atoms with Crippen LogP contribution in [0.1, 0.15) is 32.6 Å². The zero-order valence-electron chi connectivity index (χ0n) is 11.6. The Bertz CT molecular complexity index is 387. The monoisotopic (exact) mass is 253 g/mol. The fourth-order valence-electron chi connectivity index (χ4n) is 2.03. The van der Waals surface area contributed by atoms with Crippen molar-refractivity contribution in [3.63, 3.8) is 0 Å². The molecule has 0 spiro atoms. The molecule has 1 aromatic rings. The van der Waals surface area contributed by atoms with Crippen LogP contribution in [0.4, 0.5) is 0 Å². The van der Waals surface area contributed by atoms with E-state index in [9.17, 15) is 4.79 Å². The summed E-state index contributed by atoms with van der Waals surface area (Å²) in [6.45, 7) is 8.90. The van der Waals surface area contributed by atoms with Crippen molar-refractivity contribution in [1.29, 1.82) is 0 Å². The van der Waals surface area contributed by atoms with E-state index in [4.69, 9.17) is 5.11 Å². The Labute approximate surface area is 108 Å². The van der Waals surface area contributed by atoms with Gasteiger partial charge in [0.25, 0.3) is 0 Å². The van der Waals surface area contributed by atoms with Gasteiger partial charge in [0.1, 0.15) is 11.9 Å². The molecule has 1 rings (SSSR count). The van der Waals surface area contributed by atoms with E-state index in [0.717, 1.165) is 5.82 Å². The lowest BCUT2D eigenvalue weighted by atomic mass is 10.2. The second kappa shape index (κ2) is 6.54. The first kappa shape index (κ1) is 14.7. The minimum Gasteiger partial charge on any atom is -0.395 e. The summed E-state index contributed by atoms with van der Waals surface area (Å²) in [6, 6.07) is -0.280. The second-order valence-electron chi connectivity index (χ2n) is 4.96. The lowest BCUT2D eigenvalue weighted by Gasteiger charge is -2.27. The van der Waals surface area contributed by atoms with E-state index in [1.165, 1.54) is 0 Å². The maximum Gasteiger partial charge on any atom is 0.245 e. The van der Waals surface area contributed by atoms with Crippen LogP contribution in [0, 0.1) is 12.8 Å². The summed E-state index contributed by atoms with van der Waals surface area (Å²) in [5.41, 5.74) is 0. The highest BCUT2D eigenvalue weighted by Crippen LogP contribution is 2.13. The van der Waals surface area contributed by atoms with E-state index < -0.39 is 0 Å². The van der Waals surface area contributed by atoms with Gasteiger partial charge in [-0.1, -0.05) is 13.8 Å². The molecule has 0 aliphatic rings. The third-order valence-electron chi connectivity index (χ3n) is 2.90. The van der Waals surface area contributed by atoms with Crippen LogP contribution in [0.15, 0.2) is 12.4 Å². The normalized spacial score (nSPS) is 12.8. The first-order chi connectivity index (χ1) is 8.47. The molecule has 0 fully saturated rings. The third kappa shape index (κ3) is 3.57. The highest BCUT2D eigenvalue weighted by atomic mass is 16.3. The molecule has 0 saturated carbocycles. The Morgan fingerprint density at radius 1 is 1.50 bits per heavy atom. The zero-order valence-corrected chi connectivity index (χ0v) is 11.6. The van der Waals surface area contributed by atoms with Crippen molar-refractivity contribution in [2.45, 2.75) is 33.7 Å². The predicted molar refractivity (Wildman–Crippen MR) is 70.2 cm³/mol. The summed E-state index contributed by atoms with van der Waals surface area (Å²) in [7, 11) is 0. The van der Waals surface area contributed by atoms with Gasteiger partial charge in [-0.05, 0) is 19.8 Å². The summed E-state index contributed by atoms with van der Waals surface area (Å²) in [5, 5.41) is 9.05. The van der Waals surface area contributed by atoms with Crippen LogP contribution in [-0.4, -0.2) is 45.2 Å². The van der Waals surface area contributed by atoms with Gasteiger partial charge < -0.3 is 14.6 Å². The van der Waals surface area contributed by atoms with Gasteiger partial charge in [-0.15, -0.1) is 0 Å². The molecule has 0 unspecified atom stereocenters. The van der Waals surface area contributed by atoms with Crippen molar-refractivity contribution in [2.75, 3.05) is 19.7 Å². The van der Waals surface area contributed by atoms with Crippen molar-refractivity contribution in [1.82, 2.24) is 14.5 Å². The van der Waals surface area contributed by atoms with Crippen molar-refractivity contribution >= 4 is 5.91 Å². The number of hydrogen-bond acceptors (Lipinski definition) is 3. The number of aliphatic hydroxyl groups excluding tert-OH is 1. The highest BCUT2D eigenvalue weighted by Gasteiger charge is 2.22. The largest absolute Gasteiger partial charge is 0.395 e. The number of aryl methyl sites for hydroxylation is 1. The Morgan fingerprint density at radius 2 is 2.17 bits per heavy atom. The van der Waals surface area contributed by atoms with Crippen LogP contribution in [0.3, 0.4) is 0 Å². The van der Waals surface area contributed by atoms with E-state index in [0.29, 0.717) is 19.0 Å². The Kier molecular flexibility index (Phi) is 5.34. The molecule has 0 saturated heterocycles. The van der Waals surface area contributed by atoms with Gasteiger partial charge in [0.2, 0.25) is 5.91 Å². The first-order valence-corrected chi connectivity index (χ1v) is 6.36. The van der Waals surface area contributed by atoms with Crippen LogP contribution >= 0.6 is 0 Å². The number of amides is 1. The average Bonchev–Trinajstić information content (AvgIpc) is 2.72. The number of nitrogens with zero attached hydrogens (tertiary/aromatic N) is 3. The summed E-state index contributed by atoms with van der Waals surface area (Å²) >= 11 is 0. The van der Waals surface area contributed by atoms with E-state index in [-0.39, 0.29) is 18.6 Å². The quantitative estimate of drug-likeness (QED) is 0.829. The predicted octanol–water partition coefficient (Wildman–Crippen LogP) is 1.23. The van der Waals surface area contributed by atoms with Crippen LogP contribution in [0.5, 0.6) is 0 Å². The highest BCUT2D eigenvalue weighted by molar-refractivity contribution is 5.80. The number of rotatable bonds is 6. The molecule has 1 amide bonds. The molecule has 0 aromatic carbocycles. The fraction of sp³-hybridized carbons (Fsp3) is 0.692. The van der Waals surface area contributed by atoms with E-state index in [2.05, 4.69) is 18.8 Å². The van der Waals surface area contributed by atoms with E-state index in [1.54, 1.807) is 11.1 Å². The maximum absolute atomic E-state index is 12.4. The molecule has 1 aromatic heterocycles. The first-order valence-electron chi connectivity index (χ1n) is 6.36. The summed E-state index contributed by atoms with van der Waals surface area (Å²) < 4.78 is 1.85. The molecule has 18 heavy (non-hydrogen) atoms. The van der Waals surface area contributed by atoms with E-state index >= 15 is 0 Å². The SMILES string of the molecule is Cc1nccn1[C@@H](C)C(=O)N(CCO)CC(C)C. The molecule has 102 valence electrons. The van der Waals surface area contributed by atoms with Crippen molar-refractivity contribution in [3.8, 4) is 0 Å². The molecule has 1 atom stereocenters.